The Morgan fingerprint density at radius 3 is 2.88 bits per heavy atom. The van der Waals surface area contributed by atoms with Crippen LogP contribution in [-0.2, 0) is 16.1 Å². The molecule has 0 saturated carbocycles. The second kappa shape index (κ2) is 7.50. The van der Waals surface area contributed by atoms with Gasteiger partial charge in [-0.05, 0) is 42.5 Å². The number of para-hydroxylation sites is 1. The summed E-state index contributed by atoms with van der Waals surface area (Å²) >= 11 is 11.0. The van der Waals surface area contributed by atoms with Crippen molar-refractivity contribution in [3.05, 3.63) is 58.6 Å². The fourth-order valence-corrected chi connectivity index (χ4v) is 2.66. The fourth-order valence-electron chi connectivity index (χ4n) is 2.24. The first kappa shape index (κ1) is 17.2. The second-order valence-corrected chi connectivity index (χ2v) is 5.98. The maximum atomic E-state index is 11.9. The zero-order chi connectivity index (χ0) is 17.8. The number of anilines is 1. The Kier molecular flexibility index (Phi) is 5.16. The molecule has 0 aliphatic carbocycles. The molecule has 128 valence electrons. The number of carbonyl (C=O) groups excluding carboxylic acids is 2. The van der Waals surface area contributed by atoms with Crippen molar-refractivity contribution in [2.24, 2.45) is 0 Å². The minimum absolute atomic E-state index is 0.123. The van der Waals surface area contributed by atoms with Crippen molar-refractivity contribution in [2.45, 2.75) is 6.61 Å². The molecule has 1 heterocycles. The average molecular weight is 377 g/mol. The molecular formula is C17H13ClN2O4S. The molecule has 1 amide bonds. The zero-order valence-corrected chi connectivity index (χ0v) is 14.4. The number of rotatable bonds is 4. The van der Waals surface area contributed by atoms with Gasteiger partial charge >= 0.3 is 5.97 Å². The summed E-state index contributed by atoms with van der Waals surface area (Å²) in [5.74, 6) is -0.340. The third-order valence-corrected chi connectivity index (χ3v) is 3.91. The Balaban J connectivity index is 1.51. The van der Waals surface area contributed by atoms with Crippen molar-refractivity contribution in [1.82, 2.24) is 5.32 Å². The van der Waals surface area contributed by atoms with Gasteiger partial charge in [0.15, 0.2) is 11.7 Å². The summed E-state index contributed by atoms with van der Waals surface area (Å²) in [6.07, 6.45) is 0. The number of hydrogen-bond donors (Lipinski definition) is 2. The van der Waals surface area contributed by atoms with Gasteiger partial charge in [0.05, 0.1) is 10.6 Å². The van der Waals surface area contributed by atoms with Crippen LogP contribution in [0.4, 0.5) is 5.69 Å². The Morgan fingerprint density at radius 1 is 1.28 bits per heavy atom. The molecule has 0 fully saturated rings. The van der Waals surface area contributed by atoms with E-state index in [0.29, 0.717) is 22.0 Å². The summed E-state index contributed by atoms with van der Waals surface area (Å²) in [6.45, 7) is 0.00651. The standard InChI is InChI=1S/C17H13ClN2O4S/c18-13-3-1-2-4-14(13)23-9-15(21)20-17(25)19-11-5-6-12-10(7-11)8-24-16(12)22/h1-7H,8-9H2,(H2,19,20,21,25). The first-order valence-electron chi connectivity index (χ1n) is 7.31. The van der Waals surface area contributed by atoms with Gasteiger partial charge in [-0.1, -0.05) is 23.7 Å². The Labute approximate surface area is 154 Å². The van der Waals surface area contributed by atoms with E-state index in [2.05, 4.69) is 10.6 Å². The molecule has 1 aliphatic rings. The molecule has 2 aromatic rings. The largest absolute Gasteiger partial charge is 0.482 e. The summed E-state index contributed by atoms with van der Waals surface area (Å²) in [5.41, 5.74) is 1.95. The molecule has 0 aromatic heterocycles. The molecule has 2 N–H and O–H groups in total. The lowest BCUT2D eigenvalue weighted by molar-refractivity contribution is -0.121. The zero-order valence-electron chi connectivity index (χ0n) is 12.9. The smallest absolute Gasteiger partial charge is 0.338 e. The lowest BCUT2D eigenvalue weighted by atomic mass is 10.1. The number of amides is 1. The molecule has 0 unspecified atom stereocenters. The van der Waals surface area contributed by atoms with Gasteiger partial charge in [-0.15, -0.1) is 0 Å². The second-order valence-electron chi connectivity index (χ2n) is 5.17. The molecule has 3 rings (SSSR count). The Bertz CT molecular complexity index is 856. The lowest BCUT2D eigenvalue weighted by Crippen LogP contribution is -2.37. The van der Waals surface area contributed by atoms with Gasteiger partial charge in [-0.3, -0.25) is 10.1 Å². The van der Waals surface area contributed by atoms with Gasteiger partial charge in [0.25, 0.3) is 5.91 Å². The number of fused-ring (bicyclic) bond motifs is 1. The van der Waals surface area contributed by atoms with Crippen LogP contribution in [-0.4, -0.2) is 23.6 Å². The highest BCUT2D eigenvalue weighted by Crippen LogP contribution is 2.24. The van der Waals surface area contributed by atoms with Crippen molar-refractivity contribution in [1.29, 1.82) is 0 Å². The predicted molar refractivity (Wildman–Crippen MR) is 96.9 cm³/mol. The number of nitrogens with one attached hydrogen (secondary N) is 2. The van der Waals surface area contributed by atoms with E-state index in [-0.39, 0.29) is 24.3 Å². The van der Waals surface area contributed by atoms with Crippen LogP contribution in [0.15, 0.2) is 42.5 Å². The molecule has 0 saturated heterocycles. The number of thiocarbonyl (C=S) groups is 1. The first-order chi connectivity index (χ1) is 12.0. The highest BCUT2D eigenvalue weighted by Gasteiger charge is 2.21. The van der Waals surface area contributed by atoms with Crippen LogP contribution in [0.3, 0.4) is 0 Å². The van der Waals surface area contributed by atoms with Crippen molar-refractivity contribution >= 4 is 46.5 Å². The van der Waals surface area contributed by atoms with E-state index in [9.17, 15) is 9.59 Å². The summed E-state index contributed by atoms with van der Waals surface area (Å²) in [7, 11) is 0. The van der Waals surface area contributed by atoms with Gasteiger partial charge in [0.2, 0.25) is 0 Å². The SMILES string of the molecule is O=C(COc1ccccc1Cl)NC(=S)Nc1ccc2c(c1)COC2=O. The van der Waals surface area contributed by atoms with Gasteiger partial charge in [-0.2, -0.15) is 0 Å². The van der Waals surface area contributed by atoms with E-state index in [1.165, 1.54) is 0 Å². The van der Waals surface area contributed by atoms with Crippen LogP contribution in [0.25, 0.3) is 0 Å². The number of cyclic esters (lactones) is 1. The molecule has 0 radical (unpaired) electrons. The summed E-state index contributed by atoms with van der Waals surface area (Å²) in [4.78, 5) is 23.3. The molecule has 6 nitrogen and oxygen atoms in total. The molecular weight excluding hydrogens is 364 g/mol. The number of benzene rings is 2. The lowest BCUT2D eigenvalue weighted by Gasteiger charge is -2.11. The third-order valence-electron chi connectivity index (χ3n) is 3.39. The third kappa shape index (κ3) is 4.26. The van der Waals surface area contributed by atoms with E-state index < -0.39 is 5.91 Å². The predicted octanol–water partition coefficient (Wildman–Crippen LogP) is 2.90. The first-order valence-corrected chi connectivity index (χ1v) is 8.10. The maximum absolute atomic E-state index is 11.9. The highest BCUT2D eigenvalue weighted by molar-refractivity contribution is 7.80. The molecule has 0 spiro atoms. The highest BCUT2D eigenvalue weighted by atomic mass is 35.5. The summed E-state index contributed by atoms with van der Waals surface area (Å²) < 4.78 is 10.3. The minimum Gasteiger partial charge on any atom is -0.482 e. The Morgan fingerprint density at radius 2 is 2.08 bits per heavy atom. The topological polar surface area (TPSA) is 76.7 Å². The van der Waals surface area contributed by atoms with Gasteiger partial charge in [0.1, 0.15) is 12.4 Å². The average Bonchev–Trinajstić information content (AvgIpc) is 2.94. The number of carbonyl (C=O) groups is 2. The molecule has 1 aliphatic heterocycles. The normalized spacial score (nSPS) is 12.1. The number of esters is 1. The maximum Gasteiger partial charge on any atom is 0.338 e. The fraction of sp³-hybridized carbons (Fsp3) is 0.118. The molecule has 2 aromatic carbocycles. The van der Waals surface area contributed by atoms with Crippen LogP contribution in [0.5, 0.6) is 5.75 Å². The quantitative estimate of drug-likeness (QED) is 0.631. The van der Waals surface area contributed by atoms with Gasteiger partial charge in [-0.25, -0.2) is 4.79 Å². The summed E-state index contributed by atoms with van der Waals surface area (Å²) in [6, 6.07) is 11.9. The van der Waals surface area contributed by atoms with Crippen molar-refractivity contribution in [3.8, 4) is 5.75 Å². The van der Waals surface area contributed by atoms with Crippen molar-refractivity contribution in [3.63, 3.8) is 0 Å². The molecule has 25 heavy (non-hydrogen) atoms. The molecule has 0 atom stereocenters. The molecule has 8 heteroatoms. The van der Waals surface area contributed by atoms with E-state index in [1.54, 1.807) is 42.5 Å². The molecule has 0 bridgehead atoms. The monoisotopic (exact) mass is 376 g/mol. The van der Waals surface area contributed by atoms with Crippen LogP contribution < -0.4 is 15.4 Å². The van der Waals surface area contributed by atoms with Crippen LogP contribution in [0.2, 0.25) is 5.02 Å². The van der Waals surface area contributed by atoms with Gasteiger partial charge < -0.3 is 14.8 Å². The van der Waals surface area contributed by atoms with Crippen LogP contribution in [0.1, 0.15) is 15.9 Å². The number of hydrogen-bond acceptors (Lipinski definition) is 5. The van der Waals surface area contributed by atoms with E-state index >= 15 is 0 Å². The summed E-state index contributed by atoms with van der Waals surface area (Å²) in [5, 5.41) is 5.93. The van der Waals surface area contributed by atoms with Crippen molar-refractivity contribution in [2.75, 3.05) is 11.9 Å². The number of halogens is 1. The van der Waals surface area contributed by atoms with Gasteiger partial charge in [0, 0.05) is 11.3 Å². The van der Waals surface area contributed by atoms with E-state index in [1.807, 2.05) is 0 Å². The minimum atomic E-state index is -0.419. The Hall–Kier alpha value is -2.64. The number of ether oxygens (including phenoxy) is 2. The van der Waals surface area contributed by atoms with Crippen molar-refractivity contribution < 1.29 is 19.1 Å². The van der Waals surface area contributed by atoms with E-state index in [0.717, 1.165) is 5.56 Å². The van der Waals surface area contributed by atoms with Crippen LogP contribution >= 0.6 is 23.8 Å². The van der Waals surface area contributed by atoms with E-state index in [4.69, 9.17) is 33.3 Å². The van der Waals surface area contributed by atoms with Crippen LogP contribution in [0, 0.1) is 0 Å².